The number of pyridine rings is 1. The highest BCUT2D eigenvalue weighted by Gasteiger charge is 2.22. The summed E-state index contributed by atoms with van der Waals surface area (Å²) in [6, 6.07) is 1.17. The van der Waals surface area contributed by atoms with Gasteiger partial charge in [0.05, 0.1) is 16.3 Å². The summed E-state index contributed by atoms with van der Waals surface area (Å²) in [5, 5.41) is 17.5. The molecule has 0 bridgehead atoms. The molecule has 9 nitrogen and oxygen atoms in total. The second-order valence-corrected chi connectivity index (χ2v) is 4.14. The molecule has 0 saturated heterocycles. The third kappa shape index (κ3) is 2.55. The Labute approximate surface area is 113 Å². The van der Waals surface area contributed by atoms with Gasteiger partial charge in [-0.05, 0) is 13.0 Å². The van der Waals surface area contributed by atoms with Crippen molar-refractivity contribution in [2.24, 2.45) is 7.05 Å². The number of carbonyl (C=O) groups is 1. The van der Waals surface area contributed by atoms with Crippen LogP contribution >= 0.6 is 0 Å². The van der Waals surface area contributed by atoms with Crippen LogP contribution in [0.1, 0.15) is 16.1 Å². The molecule has 0 fully saturated rings. The molecule has 104 valence electrons. The summed E-state index contributed by atoms with van der Waals surface area (Å²) >= 11 is 0. The number of nitrogens with one attached hydrogen (secondary N) is 1. The van der Waals surface area contributed by atoms with Crippen molar-refractivity contribution in [3.63, 3.8) is 0 Å². The first-order valence-corrected chi connectivity index (χ1v) is 5.60. The first kappa shape index (κ1) is 13.5. The predicted molar refractivity (Wildman–Crippen MR) is 71.2 cm³/mol. The van der Waals surface area contributed by atoms with E-state index in [0.717, 1.165) is 6.20 Å². The molecule has 2 heterocycles. The minimum atomic E-state index is -0.683. The third-order valence-corrected chi connectivity index (χ3v) is 2.61. The van der Waals surface area contributed by atoms with Gasteiger partial charge in [0.25, 0.3) is 11.6 Å². The molecule has 2 rings (SSSR count). The maximum atomic E-state index is 12.1. The fourth-order valence-corrected chi connectivity index (χ4v) is 1.70. The number of amides is 1. The number of carbonyl (C=O) groups excluding carboxylic acids is 1. The lowest BCUT2D eigenvalue weighted by Gasteiger charge is -2.05. The fourth-order valence-electron chi connectivity index (χ4n) is 1.70. The van der Waals surface area contributed by atoms with E-state index in [4.69, 9.17) is 5.73 Å². The molecule has 0 atom stereocenters. The maximum absolute atomic E-state index is 12.1. The lowest BCUT2D eigenvalue weighted by atomic mass is 10.2. The van der Waals surface area contributed by atoms with Crippen LogP contribution < -0.4 is 11.1 Å². The van der Waals surface area contributed by atoms with Gasteiger partial charge in [-0.1, -0.05) is 0 Å². The Hall–Kier alpha value is -2.97. The molecular weight excluding hydrogens is 264 g/mol. The molecule has 0 aliphatic carbocycles. The van der Waals surface area contributed by atoms with E-state index in [-0.39, 0.29) is 11.4 Å². The Kier molecular flexibility index (Phi) is 3.34. The number of nitrogens with zero attached hydrogens (tertiary/aromatic N) is 4. The lowest BCUT2D eigenvalue weighted by Crippen LogP contribution is -2.15. The van der Waals surface area contributed by atoms with Crippen molar-refractivity contribution >= 4 is 23.1 Å². The number of aryl methyl sites for hydroxylation is 2. The molecule has 20 heavy (non-hydrogen) atoms. The zero-order valence-corrected chi connectivity index (χ0v) is 10.8. The number of nitrogens with two attached hydrogens (primary N) is 1. The zero-order chi connectivity index (χ0) is 14.9. The zero-order valence-electron chi connectivity index (χ0n) is 10.8. The maximum Gasteiger partial charge on any atom is 0.300 e. The van der Waals surface area contributed by atoms with Gasteiger partial charge in [0.1, 0.15) is 17.6 Å². The van der Waals surface area contributed by atoms with Crippen LogP contribution in [0, 0.1) is 17.0 Å². The number of hydrogen-bond acceptors (Lipinski definition) is 6. The van der Waals surface area contributed by atoms with Crippen molar-refractivity contribution in [3.8, 4) is 0 Å². The summed E-state index contributed by atoms with van der Waals surface area (Å²) < 4.78 is 1.53. The smallest absolute Gasteiger partial charge is 0.300 e. The molecule has 0 aliphatic rings. The van der Waals surface area contributed by atoms with Crippen LogP contribution in [0.3, 0.4) is 0 Å². The first-order chi connectivity index (χ1) is 9.38. The minimum absolute atomic E-state index is 0.0312. The SMILES string of the molecule is Cc1nn(C)cc1NC(=O)c1cc(N)ncc1[N+](=O)[O-]. The third-order valence-electron chi connectivity index (χ3n) is 2.61. The molecule has 0 saturated carbocycles. The first-order valence-electron chi connectivity index (χ1n) is 5.60. The van der Waals surface area contributed by atoms with Crippen LogP contribution in [-0.2, 0) is 7.05 Å². The molecule has 0 spiro atoms. The summed E-state index contributed by atoms with van der Waals surface area (Å²) in [6.07, 6.45) is 2.56. The van der Waals surface area contributed by atoms with E-state index in [9.17, 15) is 14.9 Å². The van der Waals surface area contributed by atoms with Crippen molar-refractivity contribution in [2.75, 3.05) is 11.1 Å². The Morgan fingerprint density at radius 2 is 2.25 bits per heavy atom. The summed E-state index contributed by atoms with van der Waals surface area (Å²) in [6.45, 7) is 1.71. The quantitative estimate of drug-likeness (QED) is 0.632. The van der Waals surface area contributed by atoms with Gasteiger partial charge in [-0.15, -0.1) is 0 Å². The van der Waals surface area contributed by atoms with E-state index >= 15 is 0 Å². The van der Waals surface area contributed by atoms with Crippen LogP contribution in [0.5, 0.6) is 0 Å². The normalized spacial score (nSPS) is 10.3. The summed E-state index contributed by atoms with van der Waals surface area (Å²) in [5.74, 6) is -0.606. The van der Waals surface area contributed by atoms with Crippen molar-refractivity contribution in [1.29, 1.82) is 0 Å². The monoisotopic (exact) mass is 276 g/mol. The van der Waals surface area contributed by atoms with Crippen LogP contribution in [0.25, 0.3) is 0 Å². The Balaban J connectivity index is 2.36. The molecule has 0 unspecified atom stereocenters. The summed E-state index contributed by atoms with van der Waals surface area (Å²) in [7, 11) is 1.70. The second-order valence-electron chi connectivity index (χ2n) is 4.14. The van der Waals surface area contributed by atoms with Crippen molar-refractivity contribution < 1.29 is 9.72 Å². The average Bonchev–Trinajstić information content (AvgIpc) is 2.67. The standard InChI is InChI=1S/C11H12N6O3/c1-6-8(5-16(2)15-6)14-11(18)7-3-10(12)13-4-9(7)17(19)20/h3-5H,1-2H3,(H2,12,13)(H,14,18). The molecule has 3 N–H and O–H groups in total. The second kappa shape index (κ2) is 4.96. The van der Waals surface area contributed by atoms with E-state index in [1.54, 1.807) is 20.2 Å². The number of nitrogen functional groups attached to an aromatic ring is 1. The topological polar surface area (TPSA) is 129 Å². The van der Waals surface area contributed by atoms with Crippen molar-refractivity contribution in [1.82, 2.24) is 14.8 Å². The number of rotatable bonds is 3. The molecule has 2 aromatic heterocycles. The number of nitro groups is 1. The summed E-state index contributed by atoms with van der Waals surface area (Å²) in [4.78, 5) is 25.9. The van der Waals surface area contributed by atoms with E-state index in [2.05, 4.69) is 15.4 Å². The number of aromatic nitrogens is 3. The van der Waals surface area contributed by atoms with Crippen molar-refractivity contribution in [2.45, 2.75) is 6.92 Å². The highest BCUT2D eigenvalue weighted by Crippen LogP contribution is 2.21. The Morgan fingerprint density at radius 1 is 1.55 bits per heavy atom. The van der Waals surface area contributed by atoms with Gasteiger partial charge in [-0.25, -0.2) is 4.98 Å². The molecule has 0 radical (unpaired) electrons. The molecule has 0 aromatic carbocycles. The van der Waals surface area contributed by atoms with Gasteiger partial charge >= 0.3 is 0 Å². The molecule has 0 aliphatic heterocycles. The Bertz CT molecular complexity index is 693. The fraction of sp³-hybridized carbons (Fsp3) is 0.182. The van der Waals surface area contributed by atoms with Crippen LogP contribution in [-0.4, -0.2) is 25.6 Å². The number of hydrogen-bond donors (Lipinski definition) is 2. The number of anilines is 2. The van der Waals surface area contributed by atoms with Gasteiger partial charge in [-0.2, -0.15) is 5.10 Å². The van der Waals surface area contributed by atoms with Gasteiger partial charge in [0.15, 0.2) is 0 Å². The van der Waals surface area contributed by atoms with Crippen molar-refractivity contribution in [3.05, 3.63) is 39.8 Å². The van der Waals surface area contributed by atoms with Gasteiger partial charge < -0.3 is 11.1 Å². The van der Waals surface area contributed by atoms with Gasteiger partial charge in [0.2, 0.25) is 0 Å². The summed E-state index contributed by atoms with van der Waals surface area (Å²) in [5.41, 5.74) is 5.99. The average molecular weight is 276 g/mol. The van der Waals surface area contributed by atoms with E-state index in [0.29, 0.717) is 11.4 Å². The van der Waals surface area contributed by atoms with E-state index < -0.39 is 16.5 Å². The van der Waals surface area contributed by atoms with E-state index in [1.165, 1.54) is 10.7 Å². The molecule has 1 amide bonds. The van der Waals surface area contributed by atoms with Gasteiger partial charge in [0, 0.05) is 13.2 Å². The van der Waals surface area contributed by atoms with Crippen LogP contribution in [0.15, 0.2) is 18.5 Å². The van der Waals surface area contributed by atoms with E-state index in [1.807, 2.05) is 0 Å². The van der Waals surface area contributed by atoms with Gasteiger partial charge in [-0.3, -0.25) is 19.6 Å². The minimum Gasteiger partial charge on any atom is -0.384 e. The highest BCUT2D eigenvalue weighted by molar-refractivity contribution is 6.07. The highest BCUT2D eigenvalue weighted by atomic mass is 16.6. The lowest BCUT2D eigenvalue weighted by molar-refractivity contribution is -0.385. The molecule has 9 heteroatoms. The van der Waals surface area contributed by atoms with Crippen LogP contribution in [0.4, 0.5) is 17.2 Å². The van der Waals surface area contributed by atoms with Crippen LogP contribution in [0.2, 0.25) is 0 Å². The largest absolute Gasteiger partial charge is 0.384 e. The molecule has 2 aromatic rings. The Morgan fingerprint density at radius 3 is 2.80 bits per heavy atom. The predicted octanol–water partition coefficient (Wildman–Crippen LogP) is 0.866. The molecular formula is C11H12N6O3.